The molecule has 1 aromatic heterocycles. The largest absolute Gasteiger partial charge is 0.481 e. The van der Waals surface area contributed by atoms with Gasteiger partial charge in [-0.15, -0.1) is 0 Å². The Morgan fingerprint density at radius 1 is 1.47 bits per heavy atom. The number of alkyl halides is 3. The van der Waals surface area contributed by atoms with Gasteiger partial charge >= 0.3 is 12.1 Å². The molecule has 0 aromatic carbocycles. The van der Waals surface area contributed by atoms with E-state index < -0.39 is 30.5 Å². The SMILES string of the molecule is Cc1nccc(N2C[C@@H](C(F)(F)F)[C@H](C(=O)O)C2)n1. The molecule has 2 rings (SSSR count). The van der Waals surface area contributed by atoms with Gasteiger partial charge in [0.05, 0.1) is 11.8 Å². The zero-order chi connectivity index (χ0) is 14.2. The molecule has 1 aliphatic rings. The predicted molar refractivity (Wildman–Crippen MR) is 59.7 cm³/mol. The number of aromatic nitrogens is 2. The van der Waals surface area contributed by atoms with Crippen LogP contribution in [0.25, 0.3) is 0 Å². The van der Waals surface area contributed by atoms with Crippen LogP contribution in [-0.2, 0) is 4.79 Å². The molecule has 0 saturated carbocycles. The third kappa shape index (κ3) is 2.77. The second-order valence-corrected chi connectivity index (χ2v) is 4.46. The Kier molecular flexibility index (Phi) is 3.34. The van der Waals surface area contributed by atoms with Crippen molar-refractivity contribution >= 4 is 11.8 Å². The third-order valence-electron chi connectivity index (χ3n) is 3.14. The molecule has 19 heavy (non-hydrogen) atoms. The highest BCUT2D eigenvalue weighted by Crippen LogP contribution is 2.38. The minimum Gasteiger partial charge on any atom is -0.481 e. The van der Waals surface area contributed by atoms with Crippen molar-refractivity contribution < 1.29 is 23.1 Å². The highest BCUT2D eigenvalue weighted by Gasteiger charge is 2.52. The Labute approximate surface area is 107 Å². The van der Waals surface area contributed by atoms with E-state index in [0.29, 0.717) is 11.6 Å². The molecule has 8 heteroatoms. The minimum atomic E-state index is -4.53. The van der Waals surface area contributed by atoms with Gasteiger partial charge in [-0.2, -0.15) is 13.2 Å². The van der Waals surface area contributed by atoms with E-state index in [9.17, 15) is 18.0 Å². The molecule has 0 amide bonds. The monoisotopic (exact) mass is 275 g/mol. The summed E-state index contributed by atoms with van der Waals surface area (Å²) in [4.78, 5) is 20.2. The Bertz CT molecular complexity index is 492. The number of aliphatic carboxylic acids is 1. The lowest BCUT2D eigenvalue weighted by atomic mass is 9.96. The van der Waals surface area contributed by atoms with Gasteiger partial charge in [0, 0.05) is 19.3 Å². The lowest BCUT2D eigenvalue weighted by molar-refractivity contribution is -0.187. The van der Waals surface area contributed by atoms with Crippen LogP contribution >= 0.6 is 0 Å². The van der Waals surface area contributed by atoms with Crippen molar-refractivity contribution in [2.24, 2.45) is 11.8 Å². The molecular weight excluding hydrogens is 263 g/mol. The first-order valence-electron chi connectivity index (χ1n) is 5.63. The number of carboxylic acid groups (broad SMARTS) is 1. The molecule has 104 valence electrons. The first kappa shape index (κ1) is 13.6. The Morgan fingerprint density at radius 2 is 2.16 bits per heavy atom. The van der Waals surface area contributed by atoms with Crippen LogP contribution in [0.15, 0.2) is 12.3 Å². The molecule has 1 fully saturated rings. The molecule has 0 spiro atoms. The van der Waals surface area contributed by atoms with Crippen LogP contribution in [0.1, 0.15) is 5.82 Å². The van der Waals surface area contributed by atoms with Gasteiger partial charge in [-0.05, 0) is 13.0 Å². The molecule has 1 N–H and O–H groups in total. The van der Waals surface area contributed by atoms with Crippen molar-refractivity contribution in [3.05, 3.63) is 18.1 Å². The maximum Gasteiger partial charge on any atom is 0.394 e. The molecule has 2 heterocycles. The number of carboxylic acids is 1. The number of nitrogens with zero attached hydrogens (tertiary/aromatic N) is 3. The second-order valence-electron chi connectivity index (χ2n) is 4.46. The molecule has 0 aliphatic carbocycles. The van der Waals surface area contributed by atoms with E-state index in [1.165, 1.54) is 17.2 Å². The number of halogens is 3. The summed E-state index contributed by atoms with van der Waals surface area (Å²) in [5, 5.41) is 8.91. The van der Waals surface area contributed by atoms with E-state index >= 15 is 0 Å². The minimum absolute atomic E-state index is 0.198. The Morgan fingerprint density at radius 3 is 2.63 bits per heavy atom. The lowest BCUT2D eigenvalue weighted by Crippen LogP contribution is -2.33. The highest BCUT2D eigenvalue weighted by atomic mass is 19.4. The van der Waals surface area contributed by atoms with Gasteiger partial charge in [0.1, 0.15) is 11.6 Å². The average molecular weight is 275 g/mol. The zero-order valence-corrected chi connectivity index (χ0v) is 10.1. The molecule has 1 saturated heterocycles. The van der Waals surface area contributed by atoms with Crippen LogP contribution in [0.4, 0.5) is 19.0 Å². The molecule has 1 aliphatic heterocycles. The molecule has 0 radical (unpaired) electrons. The molecule has 0 bridgehead atoms. The number of carbonyl (C=O) groups is 1. The molecule has 1 aromatic rings. The fourth-order valence-corrected chi connectivity index (χ4v) is 2.19. The van der Waals surface area contributed by atoms with Crippen molar-refractivity contribution in [2.75, 3.05) is 18.0 Å². The fraction of sp³-hybridized carbons (Fsp3) is 0.545. The first-order chi connectivity index (χ1) is 8.79. The summed E-state index contributed by atoms with van der Waals surface area (Å²) in [5.41, 5.74) is 0. The fourth-order valence-electron chi connectivity index (χ4n) is 2.19. The summed E-state index contributed by atoms with van der Waals surface area (Å²) >= 11 is 0. The van der Waals surface area contributed by atoms with Gasteiger partial charge < -0.3 is 10.0 Å². The van der Waals surface area contributed by atoms with Crippen molar-refractivity contribution in [1.29, 1.82) is 0 Å². The van der Waals surface area contributed by atoms with E-state index in [-0.39, 0.29) is 6.54 Å². The molecular formula is C11H12F3N3O2. The lowest BCUT2D eigenvalue weighted by Gasteiger charge is -2.18. The molecule has 5 nitrogen and oxygen atoms in total. The van der Waals surface area contributed by atoms with Crippen LogP contribution in [0, 0.1) is 18.8 Å². The van der Waals surface area contributed by atoms with Crippen molar-refractivity contribution in [2.45, 2.75) is 13.1 Å². The Hall–Kier alpha value is -1.86. The normalized spacial score (nSPS) is 23.7. The van der Waals surface area contributed by atoms with E-state index in [1.54, 1.807) is 6.92 Å². The summed E-state index contributed by atoms with van der Waals surface area (Å²) in [6.07, 6.45) is -3.09. The summed E-state index contributed by atoms with van der Waals surface area (Å²) in [6.45, 7) is 1.03. The number of anilines is 1. The number of rotatable bonds is 2. The van der Waals surface area contributed by atoms with Crippen LogP contribution < -0.4 is 4.90 Å². The molecule has 2 atom stereocenters. The van der Waals surface area contributed by atoms with Crippen LogP contribution in [0.2, 0.25) is 0 Å². The first-order valence-corrected chi connectivity index (χ1v) is 5.63. The van der Waals surface area contributed by atoms with Gasteiger partial charge in [-0.3, -0.25) is 4.79 Å². The summed E-state index contributed by atoms with van der Waals surface area (Å²) in [5.74, 6) is -4.02. The second kappa shape index (κ2) is 4.67. The summed E-state index contributed by atoms with van der Waals surface area (Å²) in [6, 6.07) is 1.48. The van der Waals surface area contributed by atoms with Crippen molar-refractivity contribution in [1.82, 2.24) is 9.97 Å². The van der Waals surface area contributed by atoms with Crippen molar-refractivity contribution in [3.8, 4) is 0 Å². The summed E-state index contributed by atoms with van der Waals surface area (Å²) < 4.78 is 38.5. The van der Waals surface area contributed by atoms with Crippen LogP contribution in [-0.4, -0.2) is 40.3 Å². The maximum absolute atomic E-state index is 12.8. The standard InChI is InChI=1S/C11H12F3N3O2/c1-6-15-3-2-9(16-6)17-4-7(10(18)19)8(5-17)11(12,13)14/h2-3,7-8H,4-5H2,1H3,(H,18,19)/t7-,8-/m1/s1. The van der Waals surface area contributed by atoms with Gasteiger partial charge in [-0.25, -0.2) is 9.97 Å². The average Bonchev–Trinajstić information content (AvgIpc) is 2.73. The van der Waals surface area contributed by atoms with Crippen LogP contribution in [0.5, 0.6) is 0 Å². The third-order valence-corrected chi connectivity index (χ3v) is 3.14. The van der Waals surface area contributed by atoms with Gasteiger partial charge in [0.15, 0.2) is 0 Å². The number of aryl methyl sites for hydroxylation is 1. The number of hydrogen-bond acceptors (Lipinski definition) is 4. The van der Waals surface area contributed by atoms with Crippen molar-refractivity contribution in [3.63, 3.8) is 0 Å². The zero-order valence-electron chi connectivity index (χ0n) is 10.1. The molecule has 0 unspecified atom stereocenters. The van der Waals surface area contributed by atoms with Gasteiger partial charge in [0.2, 0.25) is 0 Å². The highest BCUT2D eigenvalue weighted by molar-refractivity contribution is 5.72. The topological polar surface area (TPSA) is 66.3 Å². The van der Waals surface area contributed by atoms with E-state index in [1.807, 2.05) is 0 Å². The summed E-state index contributed by atoms with van der Waals surface area (Å²) in [7, 11) is 0. The quantitative estimate of drug-likeness (QED) is 0.885. The predicted octanol–water partition coefficient (Wildman–Crippen LogP) is 1.48. The van der Waals surface area contributed by atoms with E-state index in [0.717, 1.165) is 0 Å². The number of hydrogen-bond donors (Lipinski definition) is 1. The van der Waals surface area contributed by atoms with Crippen LogP contribution in [0.3, 0.4) is 0 Å². The maximum atomic E-state index is 12.8. The van der Waals surface area contributed by atoms with E-state index in [4.69, 9.17) is 5.11 Å². The van der Waals surface area contributed by atoms with Gasteiger partial charge in [0.25, 0.3) is 0 Å². The van der Waals surface area contributed by atoms with Gasteiger partial charge in [-0.1, -0.05) is 0 Å². The smallest absolute Gasteiger partial charge is 0.394 e. The Balaban J connectivity index is 2.25. The van der Waals surface area contributed by atoms with E-state index in [2.05, 4.69) is 9.97 Å².